The number of benzene rings is 2. The van der Waals surface area contributed by atoms with Gasteiger partial charge in [0, 0.05) is 29.9 Å². The van der Waals surface area contributed by atoms with E-state index in [1.165, 1.54) is 17.0 Å². The van der Waals surface area contributed by atoms with E-state index in [-0.39, 0.29) is 18.1 Å². The van der Waals surface area contributed by atoms with Gasteiger partial charge >= 0.3 is 0 Å². The molecule has 1 aromatic heterocycles. The predicted molar refractivity (Wildman–Crippen MR) is 101 cm³/mol. The fraction of sp³-hybridized carbons (Fsp3) is 0.167. The van der Waals surface area contributed by atoms with Crippen LogP contribution in [-0.2, 0) is 11.2 Å². The lowest BCUT2D eigenvalue weighted by Gasteiger charge is -2.18. The second-order valence-electron chi connectivity index (χ2n) is 5.57. The van der Waals surface area contributed by atoms with Crippen LogP contribution in [-0.4, -0.2) is 23.1 Å². The van der Waals surface area contributed by atoms with E-state index in [4.69, 9.17) is 16.1 Å². The zero-order valence-corrected chi connectivity index (χ0v) is 16.1. The number of hydrogen-bond donors (Lipinski definition) is 0. The zero-order chi connectivity index (χ0) is 18.7. The summed E-state index contributed by atoms with van der Waals surface area (Å²) in [5.41, 5.74) is 1.27. The molecule has 1 amide bonds. The summed E-state index contributed by atoms with van der Waals surface area (Å²) in [6, 6.07) is 11.1. The maximum absolute atomic E-state index is 13.0. The molecule has 0 N–H and O–H groups in total. The van der Waals surface area contributed by atoms with Crippen molar-refractivity contribution < 1.29 is 13.7 Å². The molecule has 0 fully saturated rings. The molecule has 26 heavy (non-hydrogen) atoms. The molecule has 0 aliphatic rings. The van der Waals surface area contributed by atoms with E-state index in [2.05, 4.69) is 26.1 Å². The molecular formula is C18H14BrClFN3O2. The highest BCUT2D eigenvalue weighted by Gasteiger charge is 2.16. The molecule has 1 heterocycles. The minimum Gasteiger partial charge on any atom is -0.339 e. The summed E-state index contributed by atoms with van der Waals surface area (Å²) in [5, 5.41) is 4.34. The summed E-state index contributed by atoms with van der Waals surface area (Å²) in [6.07, 6.45) is 0.486. The SMILES string of the molecule is CN(C(=O)CCc1nc(-c2ccc(F)cc2)no1)c1ccc(Br)cc1Cl. The Bertz CT molecular complexity index is 930. The van der Waals surface area contributed by atoms with Crippen LogP contribution in [0, 0.1) is 5.82 Å². The predicted octanol–water partition coefficient (Wildman–Crippen LogP) is 4.89. The number of nitrogens with zero attached hydrogens (tertiary/aromatic N) is 3. The Morgan fingerprint density at radius 3 is 2.69 bits per heavy atom. The summed E-state index contributed by atoms with van der Waals surface area (Å²) < 4.78 is 19.0. The molecule has 0 atom stereocenters. The first kappa shape index (κ1) is 18.5. The van der Waals surface area contributed by atoms with Crippen LogP contribution < -0.4 is 4.90 Å². The molecule has 0 aliphatic heterocycles. The third-order valence-corrected chi connectivity index (χ3v) is 4.56. The van der Waals surface area contributed by atoms with E-state index in [9.17, 15) is 9.18 Å². The first-order valence-electron chi connectivity index (χ1n) is 7.74. The van der Waals surface area contributed by atoms with Crippen LogP contribution in [0.3, 0.4) is 0 Å². The van der Waals surface area contributed by atoms with Crippen molar-refractivity contribution in [1.29, 1.82) is 0 Å². The van der Waals surface area contributed by atoms with E-state index >= 15 is 0 Å². The van der Waals surface area contributed by atoms with Gasteiger partial charge in [-0.3, -0.25) is 4.79 Å². The Kier molecular flexibility index (Phi) is 5.68. The van der Waals surface area contributed by atoms with Gasteiger partial charge in [-0.2, -0.15) is 4.98 Å². The van der Waals surface area contributed by atoms with Crippen molar-refractivity contribution in [3.8, 4) is 11.4 Å². The van der Waals surface area contributed by atoms with Crippen LogP contribution in [0.4, 0.5) is 10.1 Å². The van der Waals surface area contributed by atoms with E-state index < -0.39 is 0 Å². The van der Waals surface area contributed by atoms with Gasteiger partial charge in [0.25, 0.3) is 0 Å². The van der Waals surface area contributed by atoms with Crippen LogP contribution in [0.2, 0.25) is 5.02 Å². The number of amides is 1. The molecule has 134 valence electrons. The van der Waals surface area contributed by atoms with Crippen molar-refractivity contribution in [2.45, 2.75) is 12.8 Å². The lowest BCUT2D eigenvalue weighted by Crippen LogP contribution is -2.26. The average Bonchev–Trinajstić information content (AvgIpc) is 3.09. The number of anilines is 1. The minimum atomic E-state index is -0.335. The molecule has 8 heteroatoms. The molecule has 0 unspecified atom stereocenters. The van der Waals surface area contributed by atoms with Crippen molar-refractivity contribution in [3.05, 3.63) is 63.7 Å². The van der Waals surface area contributed by atoms with Gasteiger partial charge < -0.3 is 9.42 Å². The van der Waals surface area contributed by atoms with E-state index in [1.807, 2.05) is 6.07 Å². The number of aromatic nitrogens is 2. The highest BCUT2D eigenvalue weighted by atomic mass is 79.9. The number of rotatable bonds is 5. The van der Waals surface area contributed by atoms with Gasteiger partial charge in [0.15, 0.2) is 0 Å². The summed E-state index contributed by atoms with van der Waals surface area (Å²) in [6.45, 7) is 0. The molecule has 3 rings (SSSR count). The molecule has 0 bridgehead atoms. The molecule has 2 aromatic carbocycles. The average molecular weight is 439 g/mol. The number of aryl methyl sites for hydroxylation is 1. The van der Waals surface area contributed by atoms with Gasteiger partial charge in [-0.15, -0.1) is 0 Å². The molecule has 0 radical (unpaired) electrons. The molecule has 0 spiro atoms. The summed E-state index contributed by atoms with van der Waals surface area (Å²) in [4.78, 5) is 18.1. The lowest BCUT2D eigenvalue weighted by molar-refractivity contribution is -0.118. The quantitative estimate of drug-likeness (QED) is 0.569. The molecule has 0 saturated heterocycles. The van der Waals surface area contributed by atoms with Gasteiger partial charge in [0.05, 0.1) is 10.7 Å². The topological polar surface area (TPSA) is 59.2 Å². The van der Waals surface area contributed by atoms with E-state index in [0.717, 1.165) is 4.47 Å². The fourth-order valence-corrected chi connectivity index (χ4v) is 3.14. The van der Waals surface area contributed by atoms with Crippen LogP contribution in [0.15, 0.2) is 51.5 Å². The van der Waals surface area contributed by atoms with Crippen LogP contribution >= 0.6 is 27.5 Å². The Morgan fingerprint density at radius 1 is 1.27 bits per heavy atom. The number of halogens is 3. The maximum Gasteiger partial charge on any atom is 0.227 e. The molecule has 5 nitrogen and oxygen atoms in total. The lowest BCUT2D eigenvalue weighted by atomic mass is 10.2. The van der Waals surface area contributed by atoms with Crippen molar-refractivity contribution in [2.75, 3.05) is 11.9 Å². The highest BCUT2D eigenvalue weighted by Crippen LogP contribution is 2.28. The van der Waals surface area contributed by atoms with Crippen LogP contribution in [0.1, 0.15) is 12.3 Å². The van der Waals surface area contributed by atoms with Crippen molar-refractivity contribution in [2.24, 2.45) is 0 Å². The Hall–Kier alpha value is -2.25. The standard InChI is InChI=1S/C18H14BrClFN3O2/c1-24(15-7-4-12(19)10-14(15)20)17(25)9-8-16-22-18(23-26-16)11-2-5-13(21)6-3-11/h2-7,10H,8-9H2,1H3. The minimum absolute atomic E-state index is 0.129. The van der Waals surface area contributed by atoms with Gasteiger partial charge in [0.2, 0.25) is 17.6 Å². The fourth-order valence-electron chi connectivity index (χ4n) is 2.34. The van der Waals surface area contributed by atoms with E-state index in [1.54, 1.807) is 31.3 Å². The van der Waals surface area contributed by atoms with E-state index in [0.29, 0.717) is 34.4 Å². The Morgan fingerprint density at radius 2 is 2.00 bits per heavy atom. The molecule has 0 saturated carbocycles. The number of carbonyl (C=O) groups is 1. The molecular weight excluding hydrogens is 425 g/mol. The van der Waals surface area contributed by atoms with Crippen LogP contribution in [0.5, 0.6) is 0 Å². The van der Waals surface area contributed by atoms with Crippen molar-refractivity contribution in [3.63, 3.8) is 0 Å². The second-order valence-corrected chi connectivity index (χ2v) is 6.89. The van der Waals surface area contributed by atoms with Gasteiger partial charge in [-0.25, -0.2) is 4.39 Å². The zero-order valence-electron chi connectivity index (χ0n) is 13.7. The second kappa shape index (κ2) is 7.97. The first-order chi connectivity index (χ1) is 12.4. The highest BCUT2D eigenvalue weighted by molar-refractivity contribution is 9.10. The summed E-state index contributed by atoms with van der Waals surface area (Å²) in [5.74, 6) is 0.234. The van der Waals surface area contributed by atoms with Gasteiger partial charge in [-0.05, 0) is 42.5 Å². The normalized spacial score (nSPS) is 10.8. The van der Waals surface area contributed by atoms with Gasteiger partial charge in [-0.1, -0.05) is 32.7 Å². The number of carbonyl (C=O) groups excluding carboxylic acids is 1. The van der Waals surface area contributed by atoms with Crippen molar-refractivity contribution >= 4 is 39.1 Å². The summed E-state index contributed by atoms with van der Waals surface area (Å²) >= 11 is 9.51. The third-order valence-electron chi connectivity index (χ3n) is 3.77. The van der Waals surface area contributed by atoms with Crippen molar-refractivity contribution in [1.82, 2.24) is 10.1 Å². The van der Waals surface area contributed by atoms with Gasteiger partial charge in [0.1, 0.15) is 5.82 Å². The van der Waals surface area contributed by atoms with Crippen LogP contribution in [0.25, 0.3) is 11.4 Å². The maximum atomic E-state index is 13.0. The molecule has 3 aromatic rings. The molecule has 0 aliphatic carbocycles. The largest absolute Gasteiger partial charge is 0.339 e. The first-order valence-corrected chi connectivity index (χ1v) is 8.91. The Balaban J connectivity index is 1.63. The summed E-state index contributed by atoms with van der Waals surface area (Å²) in [7, 11) is 1.66. The third kappa shape index (κ3) is 4.28. The number of hydrogen-bond acceptors (Lipinski definition) is 4. The monoisotopic (exact) mass is 437 g/mol. The smallest absolute Gasteiger partial charge is 0.227 e. The Labute approximate surface area is 162 Å².